The Labute approximate surface area is 211 Å². The normalized spacial score (nSPS) is 12.1. The van der Waals surface area contributed by atoms with Crippen molar-refractivity contribution in [3.8, 4) is 22.9 Å². The van der Waals surface area contributed by atoms with Crippen LogP contribution in [0.4, 0.5) is 4.39 Å². The second-order valence-electron chi connectivity index (χ2n) is 8.75. The van der Waals surface area contributed by atoms with Gasteiger partial charge in [-0.3, -0.25) is 4.90 Å². The predicted octanol–water partition coefficient (Wildman–Crippen LogP) is 5.07. The fraction of sp³-hybridized carbons (Fsp3) is 0.276. The van der Waals surface area contributed by atoms with Crippen LogP contribution >= 0.6 is 0 Å². The zero-order valence-electron chi connectivity index (χ0n) is 20.7. The highest BCUT2D eigenvalue weighted by atomic mass is 19.1. The number of aliphatic hydroxyl groups excluding tert-OH is 1. The van der Waals surface area contributed by atoms with Crippen LogP contribution in [0.3, 0.4) is 0 Å². The van der Waals surface area contributed by atoms with Gasteiger partial charge in [0.1, 0.15) is 17.3 Å². The Balaban J connectivity index is 1.64. The first-order valence-electron chi connectivity index (χ1n) is 12.0. The van der Waals surface area contributed by atoms with Crippen molar-refractivity contribution in [1.82, 2.24) is 14.7 Å². The molecule has 6 nitrogen and oxygen atoms in total. The van der Waals surface area contributed by atoms with Crippen molar-refractivity contribution < 1.29 is 19.0 Å². The van der Waals surface area contributed by atoms with Gasteiger partial charge in [0.05, 0.1) is 18.3 Å². The minimum Gasteiger partial charge on any atom is -0.439 e. The van der Waals surface area contributed by atoms with Gasteiger partial charge < -0.3 is 14.6 Å². The zero-order chi connectivity index (χ0) is 25.3. The van der Waals surface area contributed by atoms with Crippen LogP contribution in [-0.2, 0) is 24.8 Å². The zero-order valence-corrected chi connectivity index (χ0v) is 20.7. The molecule has 3 aromatic carbocycles. The summed E-state index contributed by atoms with van der Waals surface area (Å²) in [6, 6.07) is 25.8. The molecule has 1 atom stereocenters. The van der Waals surface area contributed by atoms with Crippen molar-refractivity contribution in [2.75, 3.05) is 26.8 Å². The number of ether oxygens (including phenoxy) is 2. The number of hydrogen-bond acceptors (Lipinski definition) is 5. The lowest BCUT2D eigenvalue weighted by Crippen LogP contribution is -2.35. The molecule has 7 heteroatoms. The molecule has 0 radical (unpaired) electrons. The standard InChI is InChI=1S/C29H32FN3O3/c1-32-29(36-26-15-13-24(30)14-16-26)27(28(31-32)23-11-7-4-8-12-23)21-33(17-18-35-2)20-25(34)19-22-9-5-3-6-10-22/h3-16,25,34H,17-21H2,1-2H3/t25-/m0/s1. The lowest BCUT2D eigenvalue weighted by molar-refractivity contribution is 0.0848. The molecule has 0 aliphatic rings. The lowest BCUT2D eigenvalue weighted by Gasteiger charge is -2.25. The van der Waals surface area contributed by atoms with Gasteiger partial charge in [-0.1, -0.05) is 60.7 Å². The lowest BCUT2D eigenvalue weighted by atomic mass is 10.1. The van der Waals surface area contributed by atoms with Gasteiger partial charge in [0.2, 0.25) is 5.88 Å². The van der Waals surface area contributed by atoms with Gasteiger partial charge in [-0.2, -0.15) is 5.10 Å². The summed E-state index contributed by atoms with van der Waals surface area (Å²) in [5.41, 5.74) is 3.74. The van der Waals surface area contributed by atoms with Crippen molar-refractivity contribution in [2.24, 2.45) is 7.05 Å². The number of hydrogen-bond donors (Lipinski definition) is 1. The molecule has 0 bridgehead atoms. The SMILES string of the molecule is COCCN(Cc1c(-c2ccccc2)nn(C)c1Oc1ccc(F)cc1)C[C@@H](O)Cc1ccccc1. The maximum atomic E-state index is 13.5. The molecule has 4 aromatic rings. The molecule has 1 N–H and O–H groups in total. The summed E-state index contributed by atoms with van der Waals surface area (Å²) in [5, 5.41) is 15.7. The Morgan fingerprint density at radius 3 is 2.31 bits per heavy atom. The van der Waals surface area contributed by atoms with E-state index in [-0.39, 0.29) is 5.82 Å². The number of methoxy groups -OCH3 is 1. The minimum absolute atomic E-state index is 0.323. The summed E-state index contributed by atoms with van der Waals surface area (Å²) in [4.78, 5) is 2.15. The van der Waals surface area contributed by atoms with Gasteiger partial charge in [0, 0.05) is 39.4 Å². The third-order valence-corrected chi connectivity index (χ3v) is 5.94. The van der Waals surface area contributed by atoms with Crippen LogP contribution in [0, 0.1) is 5.82 Å². The van der Waals surface area contributed by atoms with Gasteiger partial charge in [-0.05, 0) is 36.2 Å². The highest BCUT2D eigenvalue weighted by molar-refractivity contribution is 5.65. The van der Waals surface area contributed by atoms with E-state index in [0.717, 1.165) is 22.4 Å². The van der Waals surface area contributed by atoms with E-state index < -0.39 is 6.10 Å². The first-order valence-corrected chi connectivity index (χ1v) is 12.0. The molecule has 0 aliphatic heterocycles. The first-order chi connectivity index (χ1) is 17.5. The van der Waals surface area contributed by atoms with Crippen LogP contribution in [0.2, 0.25) is 0 Å². The maximum Gasteiger partial charge on any atom is 0.222 e. The van der Waals surface area contributed by atoms with Gasteiger partial charge >= 0.3 is 0 Å². The average Bonchev–Trinajstić information content (AvgIpc) is 3.19. The van der Waals surface area contributed by atoms with Gasteiger partial charge in [0.25, 0.3) is 0 Å². The van der Waals surface area contributed by atoms with Crippen molar-refractivity contribution >= 4 is 0 Å². The monoisotopic (exact) mass is 489 g/mol. The summed E-state index contributed by atoms with van der Waals surface area (Å²) in [5.74, 6) is 0.768. The van der Waals surface area contributed by atoms with Crippen LogP contribution in [-0.4, -0.2) is 52.7 Å². The number of aromatic nitrogens is 2. The topological polar surface area (TPSA) is 59.8 Å². The van der Waals surface area contributed by atoms with Crippen LogP contribution in [0.25, 0.3) is 11.3 Å². The average molecular weight is 490 g/mol. The van der Waals surface area contributed by atoms with Crippen LogP contribution in [0.1, 0.15) is 11.1 Å². The fourth-order valence-corrected chi connectivity index (χ4v) is 4.19. The van der Waals surface area contributed by atoms with Gasteiger partial charge in [-0.15, -0.1) is 0 Å². The number of halogens is 1. The summed E-state index contributed by atoms with van der Waals surface area (Å²) < 4.78 is 26.7. The molecule has 0 saturated carbocycles. The molecule has 0 fully saturated rings. The highest BCUT2D eigenvalue weighted by Crippen LogP contribution is 2.34. The second-order valence-corrected chi connectivity index (χ2v) is 8.75. The molecule has 36 heavy (non-hydrogen) atoms. The van der Waals surface area contributed by atoms with Crippen LogP contribution < -0.4 is 4.74 Å². The molecular weight excluding hydrogens is 457 g/mol. The Morgan fingerprint density at radius 1 is 0.972 bits per heavy atom. The van der Waals surface area contributed by atoms with Crippen molar-refractivity contribution in [2.45, 2.75) is 19.1 Å². The van der Waals surface area contributed by atoms with Crippen LogP contribution in [0.5, 0.6) is 11.6 Å². The molecule has 0 spiro atoms. The molecule has 1 heterocycles. The maximum absolute atomic E-state index is 13.5. The van der Waals surface area contributed by atoms with Crippen molar-refractivity contribution in [1.29, 1.82) is 0 Å². The summed E-state index contributed by atoms with van der Waals surface area (Å²) in [6.45, 7) is 2.09. The van der Waals surface area contributed by atoms with E-state index in [1.54, 1.807) is 23.9 Å². The number of nitrogens with zero attached hydrogens (tertiary/aromatic N) is 3. The third-order valence-electron chi connectivity index (χ3n) is 5.94. The number of aliphatic hydroxyl groups is 1. The van der Waals surface area contributed by atoms with Gasteiger partial charge in [0.15, 0.2) is 0 Å². The first kappa shape index (κ1) is 25.6. The fourth-order valence-electron chi connectivity index (χ4n) is 4.19. The van der Waals surface area contributed by atoms with E-state index in [1.165, 1.54) is 12.1 Å². The van der Waals surface area contributed by atoms with Crippen LogP contribution in [0.15, 0.2) is 84.9 Å². The van der Waals surface area contributed by atoms with Gasteiger partial charge in [-0.25, -0.2) is 9.07 Å². The van der Waals surface area contributed by atoms with Crippen molar-refractivity contribution in [3.05, 3.63) is 102 Å². The highest BCUT2D eigenvalue weighted by Gasteiger charge is 2.23. The van der Waals surface area contributed by atoms with E-state index >= 15 is 0 Å². The Morgan fingerprint density at radius 2 is 1.64 bits per heavy atom. The molecule has 0 amide bonds. The molecule has 1 aromatic heterocycles. The predicted molar refractivity (Wildman–Crippen MR) is 138 cm³/mol. The largest absolute Gasteiger partial charge is 0.439 e. The Bertz CT molecular complexity index is 1210. The Hall–Kier alpha value is -3.52. The summed E-state index contributed by atoms with van der Waals surface area (Å²) in [6.07, 6.45) is 0.00421. The molecule has 4 rings (SSSR count). The summed E-state index contributed by atoms with van der Waals surface area (Å²) in [7, 11) is 3.50. The molecule has 0 saturated heterocycles. The number of rotatable bonds is 12. The van der Waals surface area contributed by atoms with E-state index in [2.05, 4.69) is 4.90 Å². The Kier molecular flexibility index (Phi) is 8.84. The summed E-state index contributed by atoms with van der Waals surface area (Å²) >= 11 is 0. The molecule has 0 aliphatic carbocycles. The van der Waals surface area contributed by atoms with E-state index in [9.17, 15) is 9.50 Å². The minimum atomic E-state index is -0.553. The van der Waals surface area contributed by atoms with Crippen molar-refractivity contribution in [3.63, 3.8) is 0 Å². The molecule has 0 unspecified atom stereocenters. The molecule has 188 valence electrons. The number of benzene rings is 3. The third kappa shape index (κ3) is 6.79. The second kappa shape index (κ2) is 12.4. The molecular formula is C29H32FN3O3. The quantitative estimate of drug-likeness (QED) is 0.301. The smallest absolute Gasteiger partial charge is 0.222 e. The number of aryl methyl sites for hydroxylation is 1. The van der Waals surface area contributed by atoms with E-state index in [0.29, 0.717) is 44.3 Å². The van der Waals surface area contributed by atoms with E-state index in [1.807, 2.05) is 67.7 Å². The van der Waals surface area contributed by atoms with E-state index in [4.69, 9.17) is 14.6 Å².